The van der Waals surface area contributed by atoms with Crippen LogP contribution in [-0.4, -0.2) is 48.2 Å². The molecule has 3 unspecified atom stereocenters. The van der Waals surface area contributed by atoms with Crippen molar-refractivity contribution in [1.82, 2.24) is 0 Å². The number of esters is 2. The molecule has 4 aliphatic carbocycles. The molecule has 4 fully saturated rings. The topological polar surface area (TPSA) is 167 Å². The zero-order valence-corrected chi connectivity index (χ0v) is 18.1. The SMILES string of the molecule is O=C(OCCS(=O)(=O)O)c1c2c3oc1c(OC(=O)C14CC5CC(C1)C(=O)C(C5)C4)c3OC2O. The molecular weight excluding hydrogens is 460 g/mol. The molecule has 1 aliphatic heterocycles. The van der Waals surface area contributed by atoms with Gasteiger partial charge < -0.3 is 23.7 Å². The first kappa shape index (κ1) is 20.9. The number of benzene rings is 1. The van der Waals surface area contributed by atoms with Crippen molar-refractivity contribution in [1.29, 1.82) is 0 Å². The maximum absolute atomic E-state index is 13.4. The Kier molecular flexibility index (Phi) is 4.22. The number of ether oxygens (including phenoxy) is 3. The monoisotopic (exact) mass is 480 g/mol. The first-order chi connectivity index (χ1) is 15.6. The fourth-order valence-electron chi connectivity index (χ4n) is 6.30. The third-order valence-electron chi connectivity index (χ3n) is 7.44. The van der Waals surface area contributed by atoms with Crippen LogP contribution in [0.3, 0.4) is 0 Å². The minimum atomic E-state index is -4.34. The third kappa shape index (κ3) is 3.00. The van der Waals surface area contributed by atoms with Crippen LogP contribution in [0.15, 0.2) is 4.42 Å². The zero-order valence-electron chi connectivity index (χ0n) is 17.2. The summed E-state index contributed by atoms with van der Waals surface area (Å²) in [6.45, 7) is -0.624. The number of hydrogen-bond acceptors (Lipinski definition) is 10. The highest BCUT2D eigenvalue weighted by molar-refractivity contribution is 7.85. The summed E-state index contributed by atoms with van der Waals surface area (Å²) in [7, 11) is -4.34. The normalized spacial score (nSPS) is 31.9. The van der Waals surface area contributed by atoms with Crippen LogP contribution in [0.4, 0.5) is 0 Å². The molecule has 0 aromatic carbocycles. The van der Waals surface area contributed by atoms with Gasteiger partial charge in [0.1, 0.15) is 23.7 Å². The van der Waals surface area contributed by atoms with Gasteiger partial charge in [0.2, 0.25) is 17.8 Å². The van der Waals surface area contributed by atoms with E-state index in [4.69, 9.17) is 23.2 Å². The lowest BCUT2D eigenvalue weighted by atomic mass is 9.49. The van der Waals surface area contributed by atoms with E-state index in [1.165, 1.54) is 0 Å². The number of ketones is 1. The van der Waals surface area contributed by atoms with Gasteiger partial charge in [-0.05, 0) is 38.0 Å². The predicted molar refractivity (Wildman–Crippen MR) is 106 cm³/mol. The molecule has 5 aliphatic rings. The summed E-state index contributed by atoms with van der Waals surface area (Å²) in [5, 5.41) is 10.2. The molecule has 6 bridgehead atoms. The number of fused-ring (bicyclic) bond motifs is 1. The Morgan fingerprint density at radius 1 is 1.12 bits per heavy atom. The van der Waals surface area contributed by atoms with Crippen LogP contribution in [0, 0.1) is 23.2 Å². The fraction of sp³-hybridized carbons (Fsp3) is 0.571. The first-order valence-corrected chi connectivity index (χ1v) is 12.3. The van der Waals surface area contributed by atoms with E-state index in [9.17, 15) is 27.9 Å². The van der Waals surface area contributed by atoms with Gasteiger partial charge in [0.15, 0.2) is 11.2 Å². The first-order valence-electron chi connectivity index (χ1n) is 10.7. The highest BCUT2D eigenvalue weighted by Crippen LogP contribution is 2.60. The summed E-state index contributed by atoms with van der Waals surface area (Å²) in [4.78, 5) is 38.4. The van der Waals surface area contributed by atoms with E-state index in [-0.39, 0.29) is 51.4 Å². The second-order valence-corrected chi connectivity index (χ2v) is 11.1. The van der Waals surface area contributed by atoms with Crippen LogP contribution in [0.25, 0.3) is 11.2 Å². The summed E-state index contributed by atoms with van der Waals surface area (Å²) in [5.74, 6) is -2.21. The number of carbonyl (C=O) groups is 3. The van der Waals surface area contributed by atoms with E-state index in [0.717, 1.165) is 12.8 Å². The van der Waals surface area contributed by atoms with Crippen molar-refractivity contribution < 1.29 is 51.1 Å². The van der Waals surface area contributed by atoms with Crippen LogP contribution >= 0.6 is 0 Å². The molecule has 4 saturated carbocycles. The molecule has 176 valence electrons. The van der Waals surface area contributed by atoms with Gasteiger partial charge in [-0.3, -0.25) is 14.1 Å². The number of furan rings is 2. The van der Waals surface area contributed by atoms with Crippen LogP contribution in [0.2, 0.25) is 0 Å². The summed E-state index contributed by atoms with van der Waals surface area (Å²) < 4.78 is 52.1. The Morgan fingerprint density at radius 3 is 2.48 bits per heavy atom. The number of hydrogen-bond donors (Lipinski definition) is 2. The Bertz CT molecular complexity index is 1290. The van der Waals surface area contributed by atoms with Gasteiger partial charge >= 0.3 is 11.9 Å². The molecule has 0 saturated heterocycles. The largest absolute Gasteiger partial charge is 0.461 e. The molecule has 3 atom stereocenters. The summed E-state index contributed by atoms with van der Waals surface area (Å²) >= 11 is 0. The van der Waals surface area contributed by atoms with Gasteiger partial charge in [-0.2, -0.15) is 8.42 Å². The molecule has 2 N–H and O–H groups in total. The maximum atomic E-state index is 13.4. The van der Waals surface area contributed by atoms with Crippen molar-refractivity contribution in [3.63, 3.8) is 0 Å². The van der Waals surface area contributed by atoms with Crippen molar-refractivity contribution in [2.75, 3.05) is 12.4 Å². The predicted octanol–water partition coefficient (Wildman–Crippen LogP) is 1.60. The van der Waals surface area contributed by atoms with Crippen molar-refractivity contribution in [3.8, 4) is 11.5 Å². The Labute approximate surface area is 187 Å². The van der Waals surface area contributed by atoms with Gasteiger partial charge in [0.05, 0.1) is 11.0 Å². The van der Waals surface area contributed by atoms with Gasteiger partial charge in [0.25, 0.3) is 10.1 Å². The molecular formula is C21H20O11S. The lowest BCUT2D eigenvalue weighted by molar-refractivity contribution is -0.167. The molecule has 0 spiro atoms. The molecule has 11 nitrogen and oxygen atoms in total. The van der Waals surface area contributed by atoms with Crippen LogP contribution in [0.5, 0.6) is 11.5 Å². The summed E-state index contributed by atoms with van der Waals surface area (Å²) in [6.07, 6.45) is 1.56. The maximum Gasteiger partial charge on any atom is 0.342 e. The third-order valence-corrected chi connectivity index (χ3v) is 8.12. The van der Waals surface area contributed by atoms with Crippen molar-refractivity contribution >= 4 is 39.0 Å². The van der Waals surface area contributed by atoms with Crippen molar-refractivity contribution in [2.24, 2.45) is 23.2 Å². The van der Waals surface area contributed by atoms with E-state index in [1.807, 2.05) is 0 Å². The zero-order chi connectivity index (χ0) is 23.3. The van der Waals surface area contributed by atoms with E-state index in [2.05, 4.69) is 0 Å². The summed E-state index contributed by atoms with van der Waals surface area (Å²) in [5.41, 5.74) is -1.10. The van der Waals surface area contributed by atoms with Gasteiger partial charge in [-0.1, -0.05) is 0 Å². The molecule has 12 heteroatoms. The number of carbonyl (C=O) groups excluding carboxylic acids is 3. The Morgan fingerprint density at radius 2 is 1.82 bits per heavy atom. The van der Waals surface area contributed by atoms with Crippen LogP contribution in [-0.2, 0) is 24.4 Å². The standard InChI is InChI=1S/C21H20O11S/c22-13-9-3-8-4-10(13)7-21(5-8,6-9)20(25)32-17-14-11(18(23)29-1-2-33(26,27)28)12-15(30-14)16(17)31-19(12)24/h8-10,19,24H,1-7H2,(H,26,27,28). The molecule has 0 radical (unpaired) electrons. The van der Waals surface area contributed by atoms with Gasteiger partial charge in [0, 0.05) is 11.8 Å². The van der Waals surface area contributed by atoms with E-state index >= 15 is 0 Å². The smallest absolute Gasteiger partial charge is 0.342 e. The van der Waals surface area contributed by atoms with Crippen LogP contribution < -0.4 is 9.47 Å². The van der Waals surface area contributed by atoms with Crippen LogP contribution in [0.1, 0.15) is 54.3 Å². The van der Waals surface area contributed by atoms with E-state index < -0.39 is 46.1 Å². The van der Waals surface area contributed by atoms with Gasteiger partial charge in [-0.25, -0.2) is 4.79 Å². The lowest BCUT2D eigenvalue weighted by Crippen LogP contribution is -2.55. The Balaban J connectivity index is 1.29. The quantitative estimate of drug-likeness (QED) is 0.350. The average Bonchev–Trinajstić information content (AvgIpc) is 3.34. The van der Waals surface area contributed by atoms with E-state index in [1.54, 1.807) is 0 Å². The van der Waals surface area contributed by atoms with E-state index in [0.29, 0.717) is 25.2 Å². The summed E-state index contributed by atoms with van der Waals surface area (Å²) in [6, 6.07) is 0. The molecule has 7 rings (SSSR count). The second-order valence-electron chi connectivity index (χ2n) is 9.52. The number of Topliss-reactive ketones (excluding diaryl/α,β-unsaturated/α-hetero) is 1. The molecule has 2 aromatic heterocycles. The molecule has 0 amide bonds. The molecule has 2 aromatic rings. The molecule has 33 heavy (non-hydrogen) atoms. The fourth-order valence-corrected chi connectivity index (χ4v) is 6.59. The van der Waals surface area contributed by atoms with Gasteiger partial charge in [-0.15, -0.1) is 0 Å². The minimum absolute atomic E-state index is 0.0103. The van der Waals surface area contributed by atoms with Crippen molar-refractivity contribution in [2.45, 2.75) is 38.4 Å². The average molecular weight is 480 g/mol. The number of rotatable bonds is 6. The number of aliphatic hydroxyl groups excluding tert-OH is 1. The Hall–Kier alpha value is -2.70. The molecule has 3 heterocycles. The minimum Gasteiger partial charge on any atom is -0.461 e. The highest BCUT2D eigenvalue weighted by atomic mass is 32.2. The van der Waals surface area contributed by atoms with Crippen molar-refractivity contribution in [3.05, 3.63) is 11.1 Å². The number of aliphatic hydroxyl groups is 1. The highest BCUT2D eigenvalue weighted by Gasteiger charge is 2.59. The lowest BCUT2D eigenvalue weighted by Gasteiger charge is -2.53. The second kappa shape index (κ2) is 6.67.